The highest BCUT2D eigenvalue weighted by atomic mass is 16.2. The SMILES string of the molecule is CCCn1ccc(N)nc1=O.O=C1CCNC(=O)N1. The van der Waals surface area contributed by atoms with E-state index < -0.39 is 0 Å². The molecule has 2 heterocycles. The van der Waals surface area contributed by atoms with Gasteiger partial charge in [0.05, 0.1) is 0 Å². The van der Waals surface area contributed by atoms with Gasteiger partial charge in [-0.1, -0.05) is 6.92 Å². The van der Waals surface area contributed by atoms with Crippen molar-refractivity contribution in [3.8, 4) is 0 Å². The summed E-state index contributed by atoms with van der Waals surface area (Å²) in [7, 11) is 0. The summed E-state index contributed by atoms with van der Waals surface area (Å²) in [5.41, 5.74) is 5.03. The van der Waals surface area contributed by atoms with Crippen LogP contribution in [-0.2, 0) is 11.3 Å². The maximum Gasteiger partial charge on any atom is 0.349 e. The molecule has 1 aromatic rings. The predicted molar refractivity (Wildman–Crippen MR) is 69.4 cm³/mol. The van der Waals surface area contributed by atoms with Crippen LogP contribution in [0.25, 0.3) is 0 Å². The summed E-state index contributed by atoms with van der Waals surface area (Å²) >= 11 is 0. The summed E-state index contributed by atoms with van der Waals surface area (Å²) in [5.74, 6) is 0.0797. The van der Waals surface area contributed by atoms with Crippen molar-refractivity contribution in [2.45, 2.75) is 26.3 Å². The number of hydrogen-bond acceptors (Lipinski definition) is 5. The van der Waals surface area contributed by atoms with E-state index in [0.29, 0.717) is 19.5 Å². The molecule has 8 heteroatoms. The van der Waals surface area contributed by atoms with Crippen LogP contribution in [0.2, 0.25) is 0 Å². The van der Waals surface area contributed by atoms with Gasteiger partial charge in [0, 0.05) is 25.7 Å². The molecule has 2 rings (SSSR count). The van der Waals surface area contributed by atoms with E-state index in [9.17, 15) is 14.4 Å². The summed E-state index contributed by atoms with van der Waals surface area (Å²) in [4.78, 5) is 35.1. The summed E-state index contributed by atoms with van der Waals surface area (Å²) < 4.78 is 1.54. The highest BCUT2D eigenvalue weighted by molar-refractivity contribution is 5.96. The molecule has 1 saturated heterocycles. The molecule has 0 aromatic carbocycles. The van der Waals surface area contributed by atoms with Gasteiger partial charge in [-0.25, -0.2) is 9.59 Å². The van der Waals surface area contributed by atoms with E-state index >= 15 is 0 Å². The zero-order valence-corrected chi connectivity index (χ0v) is 10.7. The van der Waals surface area contributed by atoms with E-state index in [2.05, 4.69) is 15.6 Å². The van der Waals surface area contributed by atoms with Gasteiger partial charge in [0.2, 0.25) is 5.91 Å². The number of carbonyl (C=O) groups excluding carboxylic acids is 2. The number of aryl methyl sites for hydroxylation is 1. The second kappa shape index (κ2) is 7.14. The Morgan fingerprint density at radius 1 is 1.42 bits per heavy atom. The number of nitrogen functional groups attached to an aromatic ring is 1. The minimum absolute atomic E-state index is 0.200. The molecule has 0 saturated carbocycles. The van der Waals surface area contributed by atoms with Gasteiger partial charge in [-0.15, -0.1) is 0 Å². The minimum Gasteiger partial charge on any atom is -0.383 e. The van der Waals surface area contributed by atoms with Gasteiger partial charge in [-0.3, -0.25) is 14.7 Å². The molecule has 0 unspecified atom stereocenters. The van der Waals surface area contributed by atoms with Crippen LogP contribution in [0.1, 0.15) is 19.8 Å². The van der Waals surface area contributed by atoms with Crippen LogP contribution in [0.5, 0.6) is 0 Å². The second-order valence-corrected chi connectivity index (χ2v) is 3.88. The first-order valence-electron chi connectivity index (χ1n) is 5.93. The van der Waals surface area contributed by atoms with E-state index in [4.69, 9.17) is 5.73 Å². The molecule has 1 fully saturated rings. The van der Waals surface area contributed by atoms with Gasteiger partial charge in [0.25, 0.3) is 0 Å². The van der Waals surface area contributed by atoms with Crippen LogP contribution >= 0.6 is 0 Å². The van der Waals surface area contributed by atoms with Gasteiger partial charge in [-0.05, 0) is 12.5 Å². The van der Waals surface area contributed by atoms with Crippen molar-refractivity contribution in [3.05, 3.63) is 22.7 Å². The average Bonchev–Trinajstić information content (AvgIpc) is 2.33. The third kappa shape index (κ3) is 5.19. The van der Waals surface area contributed by atoms with E-state index in [1.807, 2.05) is 6.92 Å². The number of nitrogens with two attached hydrogens (primary N) is 1. The molecule has 104 valence electrons. The Balaban J connectivity index is 0.000000200. The molecule has 4 N–H and O–H groups in total. The van der Waals surface area contributed by atoms with Crippen LogP contribution in [-0.4, -0.2) is 28.0 Å². The average molecular weight is 267 g/mol. The molecule has 8 nitrogen and oxygen atoms in total. The van der Waals surface area contributed by atoms with E-state index in [1.54, 1.807) is 12.3 Å². The lowest BCUT2D eigenvalue weighted by Crippen LogP contribution is -2.46. The summed E-state index contributed by atoms with van der Waals surface area (Å²) in [5, 5.41) is 4.53. The fourth-order valence-electron chi connectivity index (χ4n) is 1.38. The maximum absolute atomic E-state index is 11.0. The molecule has 0 atom stereocenters. The van der Waals surface area contributed by atoms with Gasteiger partial charge >= 0.3 is 11.7 Å². The van der Waals surface area contributed by atoms with Crippen molar-refractivity contribution in [1.82, 2.24) is 20.2 Å². The Bertz CT molecular complexity index is 497. The van der Waals surface area contributed by atoms with Crippen molar-refractivity contribution in [2.75, 3.05) is 12.3 Å². The lowest BCUT2D eigenvalue weighted by atomic mass is 10.3. The molecule has 0 aliphatic carbocycles. The van der Waals surface area contributed by atoms with E-state index in [0.717, 1.165) is 6.42 Å². The number of carbonyl (C=O) groups is 2. The molecular weight excluding hydrogens is 250 g/mol. The van der Waals surface area contributed by atoms with E-state index in [1.165, 1.54) is 4.57 Å². The molecule has 0 radical (unpaired) electrons. The Labute approximate surface area is 110 Å². The molecule has 0 bridgehead atoms. The van der Waals surface area contributed by atoms with Crippen LogP contribution in [0.4, 0.5) is 10.6 Å². The van der Waals surface area contributed by atoms with Crippen molar-refractivity contribution >= 4 is 17.8 Å². The summed E-state index contributed by atoms with van der Waals surface area (Å²) in [6.45, 7) is 3.17. The molecule has 1 aliphatic heterocycles. The number of aromatic nitrogens is 2. The second-order valence-electron chi connectivity index (χ2n) is 3.88. The Morgan fingerprint density at radius 3 is 2.63 bits per heavy atom. The molecular formula is C11H17N5O3. The van der Waals surface area contributed by atoms with Crippen molar-refractivity contribution in [1.29, 1.82) is 0 Å². The third-order valence-electron chi connectivity index (χ3n) is 2.25. The van der Waals surface area contributed by atoms with Crippen LogP contribution < -0.4 is 22.1 Å². The van der Waals surface area contributed by atoms with Crippen LogP contribution in [0.15, 0.2) is 17.1 Å². The molecule has 1 aromatic heterocycles. The summed E-state index contributed by atoms with van der Waals surface area (Å²) in [6, 6.07) is 1.23. The zero-order chi connectivity index (χ0) is 14.3. The van der Waals surface area contributed by atoms with Gasteiger partial charge < -0.3 is 11.1 Å². The standard InChI is InChI=1S/C7H11N3O.C4H6N2O2/c1-2-4-10-5-3-6(8)9-7(10)11;7-3-1-2-5-4(8)6-3/h3,5H,2,4H2,1H3,(H2,8,9,11);1-2H2,(H2,5,6,7,8). The fourth-order valence-corrected chi connectivity index (χ4v) is 1.38. The normalized spacial score (nSPS) is 13.9. The maximum atomic E-state index is 11.0. The van der Waals surface area contributed by atoms with Gasteiger partial charge in [0.15, 0.2) is 0 Å². The largest absolute Gasteiger partial charge is 0.383 e. The van der Waals surface area contributed by atoms with Gasteiger partial charge in [-0.2, -0.15) is 4.98 Å². The fraction of sp³-hybridized carbons (Fsp3) is 0.455. The first-order valence-corrected chi connectivity index (χ1v) is 5.93. The van der Waals surface area contributed by atoms with Crippen LogP contribution in [0.3, 0.4) is 0 Å². The number of nitrogens with one attached hydrogen (secondary N) is 2. The number of hydrogen-bond donors (Lipinski definition) is 3. The molecule has 3 amide bonds. The van der Waals surface area contributed by atoms with Crippen LogP contribution in [0, 0.1) is 0 Å². The number of nitrogens with zero attached hydrogens (tertiary/aromatic N) is 2. The number of amides is 3. The lowest BCUT2D eigenvalue weighted by Gasteiger charge is -2.10. The highest BCUT2D eigenvalue weighted by Crippen LogP contribution is 1.90. The number of anilines is 1. The van der Waals surface area contributed by atoms with Gasteiger partial charge in [0.1, 0.15) is 5.82 Å². The number of rotatable bonds is 2. The Morgan fingerprint density at radius 2 is 2.16 bits per heavy atom. The summed E-state index contributed by atoms with van der Waals surface area (Å²) in [6.07, 6.45) is 2.98. The topological polar surface area (TPSA) is 119 Å². The smallest absolute Gasteiger partial charge is 0.349 e. The number of imide groups is 1. The quantitative estimate of drug-likeness (QED) is 0.664. The zero-order valence-electron chi connectivity index (χ0n) is 10.7. The van der Waals surface area contributed by atoms with Crippen molar-refractivity contribution in [3.63, 3.8) is 0 Å². The minimum atomic E-state index is -0.388. The van der Waals surface area contributed by atoms with Crippen molar-refractivity contribution in [2.24, 2.45) is 0 Å². The Hall–Kier alpha value is -2.38. The number of urea groups is 1. The lowest BCUT2D eigenvalue weighted by molar-refractivity contribution is -0.120. The first-order chi connectivity index (χ1) is 9.02. The Kier molecular flexibility index (Phi) is 5.52. The van der Waals surface area contributed by atoms with Crippen molar-refractivity contribution < 1.29 is 9.59 Å². The molecule has 1 aliphatic rings. The molecule has 0 spiro atoms. The highest BCUT2D eigenvalue weighted by Gasteiger charge is 2.11. The van der Waals surface area contributed by atoms with E-state index in [-0.39, 0.29) is 23.4 Å². The third-order valence-corrected chi connectivity index (χ3v) is 2.25. The first kappa shape index (κ1) is 14.7. The monoisotopic (exact) mass is 267 g/mol. The predicted octanol–water partition coefficient (Wildman–Crippen LogP) is -0.549. The molecule has 19 heavy (non-hydrogen) atoms.